The molecule has 25 heavy (non-hydrogen) atoms. The Morgan fingerprint density at radius 2 is 1.88 bits per heavy atom. The molecule has 5 heteroatoms. The van der Waals surface area contributed by atoms with E-state index in [-0.39, 0.29) is 30.7 Å². The van der Waals surface area contributed by atoms with Crippen molar-refractivity contribution in [3.05, 3.63) is 48.0 Å². The predicted octanol–water partition coefficient (Wildman–Crippen LogP) is 2.15. The Balaban J connectivity index is 1.42. The van der Waals surface area contributed by atoms with Gasteiger partial charge in [0.25, 0.3) is 0 Å². The minimum absolute atomic E-state index is 0.0384. The average molecular weight is 340 g/mol. The third kappa shape index (κ3) is 4.57. The van der Waals surface area contributed by atoms with E-state index in [1.54, 1.807) is 0 Å². The van der Waals surface area contributed by atoms with Crippen molar-refractivity contribution < 1.29 is 14.7 Å². The lowest BCUT2D eigenvalue weighted by atomic mass is 10.0. The molecule has 1 saturated carbocycles. The highest BCUT2D eigenvalue weighted by molar-refractivity contribution is 5.83. The maximum absolute atomic E-state index is 11.8. The first-order valence-corrected chi connectivity index (χ1v) is 8.76. The first-order chi connectivity index (χ1) is 12.0. The second-order valence-electron chi connectivity index (χ2n) is 6.79. The van der Waals surface area contributed by atoms with E-state index in [4.69, 9.17) is 0 Å². The topological polar surface area (TPSA) is 78.4 Å². The minimum atomic E-state index is -0.754. The standard InChI is InChI=1S/C20H24N2O3/c1-13-10-17(13)20(25)21-9-8-19(24)22-12-18(23)16-7-6-14-4-2-3-5-15(14)11-16/h2-7,11,13,17-18,23H,8-10,12H2,1H3,(H,21,25)(H,22,24)/t13-,17-,18-/m1/s1. The SMILES string of the molecule is C[C@@H]1C[C@H]1C(=O)NCCC(=O)NC[C@@H](O)c1ccc2ccccc2c1. The molecule has 0 spiro atoms. The van der Waals surface area contributed by atoms with Gasteiger partial charge in [-0.2, -0.15) is 0 Å². The maximum Gasteiger partial charge on any atom is 0.223 e. The fourth-order valence-electron chi connectivity index (χ4n) is 2.95. The van der Waals surface area contributed by atoms with Gasteiger partial charge in [0, 0.05) is 25.4 Å². The van der Waals surface area contributed by atoms with Crippen LogP contribution < -0.4 is 10.6 Å². The fourth-order valence-corrected chi connectivity index (χ4v) is 2.95. The summed E-state index contributed by atoms with van der Waals surface area (Å²) in [5.74, 6) is 0.448. The zero-order chi connectivity index (χ0) is 17.8. The Kier molecular flexibility index (Phi) is 5.34. The van der Waals surface area contributed by atoms with Crippen LogP contribution >= 0.6 is 0 Å². The van der Waals surface area contributed by atoms with E-state index < -0.39 is 6.10 Å². The van der Waals surface area contributed by atoms with Gasteiger partial charge in [0.2, 0.25) is 11.8 Å². The Morgan fingerprint density at radius 1 is 1.16 bits per heavy atom. The summed E-state index contributed by atoms with van der Waals surface area (Å²) in [6.45, 7) is 2.54. The Bertz CT molecular complexity index is 774. The monoisotopic (exact) mass is 340 g/mol. The second-order valence-corrected chi connectivity index (χ2v) is 6.79. The zero-order valence-electron chi connectivity index (χ0n) is 14.4. The number of aliphatic hydroxyl groups is 1. The molecule has 1 fully saturated rings. The number of nitrogens with one attached hydrogen (secondary N) is 2. The van der Waals surface area contributed by atoms with E-state index in [1.165, 1.54) is 0 Å². The van der Waals surface area contributed by atoms with Crippen molar-refractivity contribution in [1.82, 2.24) is 10.6 Å². The van der Waals surface area contributed by atoms with E-state index in [2.05, 4.69) is 10.6 Å². The number of amides is 2. The molecule has 1 aliphatic carbocycles. The normalized spacial score (nSPS) is 20.1. The molecule has 0 heterocycles. The van der Waals surface area contributed by atoms with Crippen molar-refractivity contribution in [2.45, 2.75) is 25.9 Å². The number of carbonyl (C=O) groups is 2. The van der Waals surface area contributed by atoms with Crippen LogP contribution in [0.15, 0.2) is 42.5 Å². The molecule has 0 aliphatic heterocycles. The number of aliphatic hydroxyl groups excluding tert-OH is 1. The fraction of sp³-hybridized carbons (Fsp3) is 0.400. The number of rotatable bonds is 7. The molecule has 1 aliphatic rings. The molecule has 0 radical (unpaired) electrons. The zero-order valence-corrected chi connectivity index (χ0v) is 14.4. The molecular formula is C20H24N2O3. The van der Waals surface area contributed by atoms with Crippen molar-refractivity contribution in [3.8, 4) is 0 Å². The summed E-state index contributed by atoms with van der Waals surface area (Å²) >= 11 is 0. The van der Waals surface area contributed by atoms with E-state index in [1.807, 2.05) is 49.4 Å². The lowest BCUT2D eigenvalue weighted by molar-refractivity contribution is -0.123. The highest BCUT2D eigenvalue weighted by Gasteiger charge is 2.38. The van der Waals surface area contributed by atoms with E-state index in [0.717, 1.165) is 22.8 Å². The Hall–Kier alpha value is -2.40. The van der Waals surface area contributed by atoms with E-state index >= 15 is 0 Å². The second kappa shape index (κ2) is 7.66. The van der Waals surface area contributed by atoms with Crippen LogP contribution in [0.1, 0.15) is 31.4 Å². The first-order valence-electron chi connectivity index (χ1n) is 8.76. The molecule has 0 bridgehead atoms. The summed E-state index contributed by atoms with van der Waals surface area (Å²) in [6.07, 6.45) is 0.406. The number of fused-ring (bicyclic) bond motifs is 1. The lowest BCUT2D eigenvalue weighted by Crippen LogP contribution is -2.33. The summed E-state index contributed by atoms with van der Waals surface area (Å²) in [4.78, 5) is 23.5. The van der Waals surface area contributed by atoms with Gasteiger partial charge < -0.3 is 15.7 Å². The molecule has 3 atom stereocenters. The number of hydrogen-bond donors (Lipinski definition) is 3. The average Bonchev–Trinajstić information content (AvgIpc) is 3.36. The summed E-state index contributed by atoms with van der Waals surface area (Å²) in [5, 5.41) is 17.9. The van der Waals surface area contributed by atoms with Gasteiger partial charge >= 0.3 is 0 Å². The van der Waals surface area contributed by atoms with E-state index in [0.29, 0.717) is 12.5 Å². The summed E-state index contributed by atoms with van der Waals surface area (Å²) < 4.78 is 0. The van der Waals surface area contributed by atoms with Gasteiger partial charge in [-0.3, -0.25) is 9.59 Å². The first kappa shape index (κ1) is 17.4. The third-order valence-electron chi connectivity index (χ3n) is 4.75. The van der Waals surface area contributed by atoms with Gasteiger partial charge in [-0.25, -0.2) is 0 Å². The van der Waals surface area contributed by atoms with Gasteiger partial charge in [0.05, 0.1) is 6.10 Å². The summed E-state index contributed by atoms with van der Waals surface area (Å²) in [6, 6.07) is 13.7. The van der Waals surface area contributed by atoms with Crippen molar-refractivity contribution >= 4 is 22.6 Å². The molecule has 2 amide bonds. The quantitative estimate of drug-likeness (QED) is 0.723. The number of benzene rings is 2. The highest BCUT2D eigenvalue weighted by Crippen LogP contribution is 2.37. The number of carbonyl (C=O) groups excluding carboxylic acids is 2. The molecule has 0 aromatic heterocycles. The van der Waals surface area contributed by atoms with Crippen LogP contribution in [-0.4, -0.2) is 30.0 Å². The molecule has 2 aromatic carbocycles. The van der Waals surface area contributed by atoms with Crippen LogP contribution in [0.3, 0.4) is 0 Å². The van der Waals surface area contributed by atoms with Gasteiger partial charge in [0.15, 0.2) is 0 Å². The molecule has 5 nitrogen and oxygen atoms in total. The van der Waals surface area contributed by atoms with Crippen LogP contribution in [-0.2, 0) is 9.59 Å². The van der Waals surface area contributed by atoms with Gasteiger partial charge in [-0.05, 0) is 34.7 Å². The molecule has 132 valence electrons. The largest absolute Gasteiger partial charge is 0.387 e. The predicted molar refractivity (Wildman–Crippen MR) is 96.8 cm³/mol. The molecule has 3 rings (SSSR count). The van der Waals surface area contributed by atoms with Crippen LogP contribution in [0.5, 0.6) is 0 Å². The lowest BCUT2D eigenvalue weighted by Gasteiger charge is -2.13. The van der Waals surface area contributed by atoms with Crippen LogP contribution in [0.4, 0.5) is 0 Å². The third-order valence-corrected chi connectivity index (χ3v) is 4.75. The summed E-state index contributed by atoms with van der Waals surface area (Å²) in [5.41, 5.74) is 0.773. The van der Waals surface area contributed by atoms with Gasteiger partial charge in [0.1, 0.15) is 0 Å². The van der Waals surface area contributed by atoms with Crippen LogP contribution in [0, 0.1) is 11.8 Å². The van der Waals surface area contributed by atoms with Gasteiger partial charge in [-0.15, -0.1) is 0 Å². The van der Waals surface area contributed by atoms with Crippen molar-refractivity contribution in [2.75, 3.05) is 13.1 Å². The summed E-state index contributed by atoms with van der Waals surface area (Å²) in [7, 11) is 0. The molecule has 0 unspecified atom stereocenters. The smallest absolute Gasteiger partial charge is 0.223 e. The molecule has 0 saturated heterocycles. The Morgan fingerprint density at radius 3 is 2.60 bits per heavy atom. The van der Waals surface area contributed by atoms with Crippen molar-refractivity contribution in [2.24, 2.45) is 11.8 Å². The Labute approximate surface area is 147 Å². The van der Waals surface area contributed by atoms with Crippen molar-refractivity contribution in [1.29, 1.82) is 0 Å². The van der Waals surface area contributed by atoms with Gasteiger partial charge in [-0.1, -0.05) is 43.3 Å². The highest BCUT2D eigenvalue weighted by atomic mass is 16.3. The minimum Gasteiger partial charge on any atom is -0.387 e. The molecule has 2 aromatic rings. The van der Waals surface area contributed by atoms with Crippen LogP contribution in [0.25, 0.3) is 10.8 Å². The molecule has 3 N–H and O–H groups in total. The number of hydrogen-bond acceptors (Lipinski definition) is 3. The van der Waals surface area contributed by atoms with Crippen molar-refractivity contribution in [3.63, 3.8) is 0 Å². The van der Waals surface area contributed by atoms with Crippen LogP contribution in [0.2, 0.25) is 0 Å². The maximum atomic E-state index is 11.8. The molecular weight excluding hydrogens is 316 g/mol. The van der Waals surface area contributed by atoms with E-state index in [9.17, 15) is 14.7 Å².